The Labute approximate surface area is 94.7 Å². The lowest BCUT2D eigenvalue weighted by atomic mass is 10.3. The van der Waals surface area contributed by atoms with Gasteiger partial charge in [-0.15, -0.1) is 5.10 Å². The van der Waals surface area contributed by atoms with E-state index in [0.717, 1.165) is 26.0 Å². The molecule has 0 unspecified atom stereocenters. The molecule has 7 heteroatoms. The molecule has 0 aromatic carbocycles. The van der Waals surface area contributed by atoms with Crippen LogP contribution in [-0.2, 0) is 9.47 Å². The molecule has 0 atom stereocenters. The monoisotopic (exact) mass is 229 g/mol. The minimum Gasteiger partial charge on any atom is -0.382 e. The Morgan fingerprint density at radius 3 is 2.88 bits per heavy atom. The van der Waals surface area contributed by atoms with Gasteiger partial charge in [-0.2, -0.15) is 4.98 Å². The van der Waals surface area contributed by atoms with Crippen LogP contribution in [0.1, 0.15) is 12.8 Å². The second-order valence-electron chi connectivity index (χ2n) is 3.28. The molecule has 0 radical (unpaired) electrons. The van der Waals surface area contributed by atoms with Crippen LogP contribution in [0.5, 0.6) is 0 Å². The highest BCUT2D eigenvalue weighted by atomic mass is 16.5. The molecule has 16 heavy (non-hydrogen) atoms. The summed E-state index contributed by atoms with van der Waals surface area (Å²) in [5.74, 6) is 0.864. The third-order valence-electron chi connectivity index (χ3n) is 1.93. The molecule has 0 aliphatic carbocycles. The predicted octanol–water partition coefficient (Wildman–Crippen LogP) is 0.242. The van der Waals surface area contributed by atoms with Crippen molar-refractivity contribution in [3.63, 3.8) is 0 Å². The molecule has 1 heterocycles. The van der Waals surface area contributed by atoms with E-state index in [1.165, 1.54) is 0 Å². The van der Waals surface area contributed by atoms with Crippen molar-refractivity contribution < 1.29 is 9.47 Å². The number of hydrogen-bond donors (Lipinski definition) is 3. The fraction of sp³-hybridized carbons (Fsp3) is 0.778. The standard InChI is InChI=1S/C9H19N5O2/c1-15-6-7-16-5-3-2-4-11-9-12-8(10)13-14-9/h2-7H2,1H3,(H4,10,11,12,13,14). The Kier molecular flexibility index (Phi) is 6.28. The van der Waals surface area contributed by atoms with Crippen LogP contribution in [0.3, 0.4) is 0 Å². The molecule has 0 aliphatic rings. The number of aromatic nitrogens is 3. The van der Waals surface area contributed by atoms with E-state index in [2.05, 4.69) is 20.5 Å². The maximum atomic E-state index is 5.38. The molecule has 1 aromatic rings. The van der Waals surface area contributed by atoms with E-state index < -0.39 is 0 Å². The van der Waals surface area contributed by atoms with Crippen molar-refractivity contribution in [1.82, 2.24) is 15.2 Å². The largest absolute Gasteiger partial charge is 0.382 e. The van der Waals surface area contributed by atoms with E-state index in [0.29, 0.717) is 25.1 Å². The number of nitrogens with two attached hydrogens (primary N) is 1. The summed E-state index contributed by atoms with van der Waals surface area (Å²) < 4.78 is 10.2. The van der Waals surface area contributed by atoms with E-state index in [9.17, 15) is 0 Å². The van der Waals surface area contributed by atoms with Gasteiger partial charge in [0.2, 0.25) is 11.9 Å². The molecule has 0 amide bonds. The van der Waals surface area contributed by atoms with Crippen LogP contribution in [-0.4, -0.2) is 48.7 Å². The third kappa shape index (κ3) is 5.52. The SMILES string of the molecule is COCCOCCCCNc1n[nH]c(N)n1. The van der Waals surface area contributed by atoms with Crippen LogP contribution in [0.2, 0.25) is 0 Å². The molecule has 0 fully saturated rings. The van der Waals surface area contributed by atoms with E-state index in [-0.39, 0.29) is 0 Å². The lowest BCUT2D eigenvalue weighted by Gasteiger charge is -2.03. The van der Waals surface area contributed by atoms with Gasteiger partial charge in [-0.1, -0.05) is 0 Å². The highest BCUT2D eigenvalue weighted by Crippen LogP contribution is 1.99. The fourth-order valence-corrected chi connectivity index (χ4v) is 1.13. The third-order valence-corrected chi connectivity index (χ3v) is 1.93. The van der Waals surface area contributed by atoms with E-state index in [4.69, 9.17) is 15.2 Å². The average Bonchev–Trinajstić information content (AvgIpc) is 2.68. The van der Waals surface area contributed by atoms with Crippen molar-refractivity contribution in [2.75, 3.05) is 44.5 Å². The molecule has 1 rings (SSSR count). The van der Waals surface area contributed by atoms with Gasteiger partial charge in [0.15, 0.2) is 0 Å². The summed E-state index contributed by atoms with van der Waals surface area (Å²) in [6.45, 7) is 2.86. The van der Waals surface area contributed by atoms with Crippen LogP contribution in [0.15, 0.2) is 0 Å². The number of nitrogens with zero attached hydrogens (tertiary/aromatic N) is 2. The number of unbranched alkanes of at least 4 members (excludes halogenated alkanes) is 1. The topological polar surface area (TPSA) is 98.1 Å². The summed E-state index contributed by atoms with van der Waals surface area (Å²) in [6, 6.07) is 0. The quantitative estimate of drug-likeness (QED) is 0.525. The average molecular weight is 229 g/mol. The number of H-pyrrole nitrogens is 1. The summed E-state index contributed by atoms with van der Waals surface area (Å²) in [7, 11) is 1.66. The summed E-state index contributed by atoms with van der Waals surface area (Å²) >= 11 is 0. The van der Waals surface area contributed by atoms with E-state index in [1.807, 2.05) is 0 Å². The van der Waals surface area contributed by atoms with Crippen LogP contribution < -0.4 is 11.1 Å². The Morgan fingerprint density at radius 1 is 1.31 bits per heavy atom. The molecule has 0 bridgehead atoms. The highest BCUT2D eigenvalue weighted by molar-refractivity contribution is 5.29. The smallest absolute Gasteiger partial charge is 0.243 e. The summed E-state index contributed by atoms with van der Waals surface area (Å²) in [5.41, 5.74) is 5.38. The zero-order valence-corrected chi connectivity index (χ0v) is 9.53. The molecule has 1 aromatic heterocycles. The van der Waals surface area contributed by atoms with E-state index in [1.54, 1.807) is 7.11 Å². The van der Waals surface area contributed by atoms with Gasteiger partial charge in [-0.3, -0.25) is 0 Å². The van der Waals surface area contributed by atoms with Crippen LogP contribution in [0, 0.1) is 0 Å². The van der Waals surface area contributed by atoms with Gasteiger partial charge in [0.1, 0.15) is 0 Å². The number of hydrogen-bond acceptors (Lipinski definition) is 6. The molecule has 0 spiro atoms. The minimum atomic E-state index is 0.324. The van der Waals surface area contributed by atoms with Gasteiger partial charge in [0.05, 0.1) is 13.2 Å². The van der Waals surface area contributed by atoms with Crippen molar-refractivity contribution in [3.05, 3.63) is 0 Å². The Bertz CT molecular complexity index is 279. The molecule has 4 N–H and O–H groups in total. The molecule has 7 nitrogen and oxygen atoms in total. The summed E-state index contributed by atoms with van der Waals surface area (Å²) in [5, 5.41) is 9.47. The zero-order valence-electron chi connectivity index (χ0n) is 9.53. The van der Waals surface area contributed by atoms with Gasteiger partial charge in [-0.25, -0.2) is 5.10 Å². The number of rotatable bonds is 9. The number of ether oxygens (including phenoxy) is 2. The lowest BCUT2D eigenvalue weighted by molar-refractivity contribution is 0.0691. The first-order valence-electron chi connectivity index (χ1n) is 5.31. The first-order chi connectivity index (χ1) is 7.83. The maximum Gasteiger partial charge on any atom is 0.243 e. The van der Waals surface area contributed by atoms with Gasteiger partial charge >= 0.3 is 0 Å². The van der Waals surface area contributed by atoms with Crippen molar-refractivity contribution >= 4 is 11.9 Å². The maximum absolute atomic E-state index is 5.38. The summed E-state index contributed by atoms with van der Waals surface area (Å²) in [4.78, 5) is 3.92. The second kappa shape index (κ2) is 7.89. The first-order valence-corrected chi connectivity index (χ1v) is 5.31. The molecular formula is C9H19N5O2. The van der Waals surface area contributed by atoms with Gasteiger partial charge in [-0.05, 0) is 12.8 Å². The van der Waals surface area contributed by atoms with Crippen molar-refractivity contribution in [1.29, 1.82) is 0 Å². The number of nitrogen functional groups attached to an aromatic ring is 1. The zero-order chi connectivity index (χ0) is 11.6. The van der Waals surface area contributed by atoms with Crippen molar-refractivity contribution in [3.8, 4) is 0 Å². The molecule has 0 aliphatic heterocycles. The van der Waals surface area contributed by atoms with E-state index >= 15 is 0 Å². The molecule has 0 saturated carbocycles. The Morgan fingerprint density at radius 2 is 2.19 bits per heavy atom. The van der Waals surface area contributed by atoms with Crippen LogP contribution in [0.25, 0.3) is 0 Å². The van der Waals surface area contributed by atoms with Gasteiger partial charge in [0, 0.05) is 20.3 Å². The predicted molar refractivity (Wildman–Crippen MR) is 61.2 cm³/mol. The van der Waals surface area contributed by atoms with Gasteiger partial charge < -0.3 is 20.5 Å². The fourth-order valence-electron chi connectivity index (χ4n) is 1.13. The van der Waals surface area contributed by atoms with Crippen LogP contribution >= 0.6 is 0 Å². The highest BCUT2D eigenvalue weighted by Gasteiger charge is 1.97. The minimum absolute atomic E-state index is 0.324. The van der Waals surface area contributed by atoms with Crippen LogP contribution in [0.4, 0.5) is 11.9 Å². The number of anilines is 2. The second-order valence-corrected chi connectivity index (χ2v) is 3.28. The summed E-state index contributed by atoms with van der Waals surface area (Å²) in [6.07, 6.45) is 2.00. The number of nitrogens with one attached hydrogen (secondary N) is 2. The van der Waals surface area contributed by atoms with Crippen molar-refractivity contribution in [2.45, 2.75) is 12.8 Å². The molecular weight excluding hydrogens is 210 g/mol. The number of methoxy groups -OCH3 is 1. The van der Waals surface area contributed by atoms with Gasteiger partial charge in [0.25, 0.3) is 0 Å². The van der Waals surface area contributed by atoms with Crippen molar-refractivity contribution in [2.24, 2.45) is 0 Å². The molecule has 0 saturated heterocycles. The number of aromatic amines is 1. The first kappa shape index (κ1) is 12.7. The molecule has 92 valence electrons. The Balaban J connectivity index is 1.88. The Hall–Kier alpha value is -1.34. The normalized spacial score (nSPS) is 10.6. The lowest BCUT2D eigenvalue weighted by Crippen LogP contribution is -2.06.